The van der Waals surface area contributed by atoms with Crippen LogP contribution in [0.2, 0.25) is 0 Å². The minimum atomic E-state index is -0.800. The molecule has 0 saturated heterocycles. The van der Waals surface area contributed by atoms with Gasteiger partial charge in [0.25, 0.3) is 5.91 Å². The number of para-hydroxylation sites is 1. The Labute approximate surface area is 153 Å². The van der Waals surface area contributed by atoms with Crippen LogP contribution in [-0.2, 0) is 0 Å². The van der Waals surface area contributed by atoms with Crippen molar-refractivity contribution in [2.45, 2.75) is 0 Å². The van der Waals surface area contributed by atoms with Gasteiger partial charge in [-0.15, -0.1) is 0 Å². The van der Waals surface area contributed by atoms with E-state index in [4.69, 9.17) is 13.9 Å². The van der Waals surface area contributed by atoms with Gasteiger partial charge in [0.2, 0.25) is 0 Å². The zero-order valence-electron chi connectivity index (χ0n) is 14.6. The van der Waals surface area contributed by atoms with Crippen molar-refractivity contribution in [3.8, 4) is 17.2 Å². The van der Waals surface area contributed by atoms with Crippen molar-refractivity contribution in [1.29, 1.82) is 0 Å². The summed E-state index contributed by atoms with van der Waals surface area (Å²) in [5.41, 5.74) is 2.13. The highest BCUT2D eigenvalue weighted by atomic mass is 16.5. The van der Waals surface area contributed by atoms with Crippen LogP contribution in [0, 0.1) is 0 Å². The fourth-order valence-electron chi connectivity index (χ4n) is 2.44. The van der Waals surface area contributed by atoms with Crippen LogP contribution in [-0.4, -0.2) is 31.4 Å². The van der Waals surface area contributed by atoms with Crippen molar-refractivity contribution in [2.75, 3.05) is 14.2 Å². The monoisotopic (exact) mass is 368 g/mol. The molecule has 138 valence electrons. The van der Waals surface area contributed by atoms with E-state index in [-0.39, 0.29) is 22.6 Å². The molecule has 0 spiro atoms. The van der Waals surface area contributed by atoms with E-state index in [1.165, 1.54) is 32.6 Å². The number of carbonyl (C=O) groups excluding carboxylic acids is 1. The molecule has 0 unspecified atom stereocenters. The van der Waals surface area contributed by atoms with Gasteiger partial charge in [0.15, 0.2) is 22.8 Å². The fraction of sp³-hybridized carbons (Fsp3) is 0.105. The van der Waals surface area contributed by atoms with Crippen LogP contribution in [0.5, 0.6) is 17.2 Å². The van der Waals surface area contributed by atoms with Crippen LogP contribution in [0.1, 0.15) is 15.9 Å². The van der Waals surface area contributed by atoms with E-state index in [9.17, 15) is 14.7 Å². The van der Waals surface area contributed by atoms with Crippen molar-refractivity contribution in [1.82, 2.24) is 5.43 Å². The highest BCUT2D eigenvalue weighted by Crippen LogP contribution is 2.26. The first-order chi connectivity index (χ1) is 13.0. The number of methoxy groups -OCH3 is 2. The average Bonchev–Trinajstić information content (AvgIpc) is 2.68. The van der Waals surface area contributed by atoms with Crippen molar-refractivity contribution in [3.05, 3.63) is 64.0 Å². The Bertz CT molecular complexity index is 1090. The molecule has 0 aliphatic carbocycles. The molecule has 1 amide bonds. The highest BCUT2D eigenvalue weighted by molar-refractivity contribution is 5.97. The SMILES string of the molecule is COc1cc(C=NNC(=O)c2cc3cccc(OC)c3oc2=O)ccc1O. The van der Waals surface area contributed by atoms with E-state index >= 15 is 0 Å². The average molecular weight is 368 g/mol. The quantitative estimate of drug-likeness (QED) is 0.406. The van der Waals surface area contributed by atoms with Gasteiger partial charge in [-0.1, -0.05) is 12.1 Å². The molecule has 0 fully saturated rings. The lowest BCUT2D eigenvalue weighted by atomic mass is 10.1. The second-order valence-corrected chi connectivity index (χ2v) is 5.46. The maximum atomic E-state index is 12.3. The van der Waals surface area contributed by atoms with E-state index in [1.807, 2.05) is 0 Å². The molecule has 2 aromatic carbocycles. The number of hydrogen-bond donors (Lipinski definition) is 2. The third kappa shape index (κ3) is 3.74. The van der Waals surface area contributed by atoms with Crippen molar-refractivity contribution < 1.29 is 23.8 Å². The number of benzene rings is 2. The maximum absolute atomic E-state index is 12.3. The van der Waals surface area contributed by atoms with Crippen LogP contribution in [0.3, 0.4) is 0 Å². The number of nitrogens with one attached hydrogen (secondary N) is 1. The van der Waals surface area contributed by atoms with E-state index in [0.717, 1.165) is 0 Å². The first-order valence-corrected chi connectivity index (χ1v) is 7.84. The van der Waals surface area contributed by atoms with Crippen LogP contribution >= 0.6 is 0 Å². The van der Waals surface area contributed by atoms with Crippen LogP contribution in [0.15, 0.2) is 56.8 Å². The van der Waals surface area contributed by atoms with Gasteiger partial charge in [-0.3, -0.25) is 4.79 Å². The summed E-state index contributed by atoms with van der Waals surface area (Å²) in [7, 11) is 2.88. The number of rotatable bonds is 5. The Hall–Kier alpha value is -3.81. The second kappa shape index (κ2) is 7.61. The second-order valence-electron chi connectivity index (χ2n) is 5.46. The third-order valence-electron chi connectivity index (χ3n) is 3.77. The molecule has 2 N–H and O–H groups in total. The molecule has 0 radical (unpaired) electrons. The topological polar surface area (TPSA) is 110 Å². The Morgan fingerprint density at radius 1 is 1.15 bits per heavy atom. The Balaban J connectivity index is 1.82. The zero-order chi connectivity index (χ0) is 19.4. The van der Waals surface area contributed by atoms with E-state index in [1.54, 1.807) is 30.3 Å². The van der Waals surface area contributed by atoms with E-state index in [0.29, 0.717) is 16.7 Å². The van der Waals surface area contributed by atoms with Crippen LogP contribution in [0.4, 0.5) is 0 Å². The molecule has 1 heterocycles. The molecule has 3 rings (SSSR count). The third-order valence-corrected chi connectivity index (χ3v) is 3.77. The summed E-state index contributed by atoms with van der Waals surface area (Å²) in [6.07, 6.45) is 1.35. The lowest BCUT2D eigenvalue weighted by Gasteiger charge is -2.05. The van der Waals surface area contributed by atoms with Gasteiger partial charge in [0, 0.05) is 5.39 Å². The van der Waals surface area contributed by atoms with E-state index in [2.05, 4.69) is 10.5 Å². The maximum Gasteiger partial charge on any atom is 0.349 e. The van der Waals surface area contributed by atoms with Crippen LogP contribution in [0.25, 0.3) is 11.0 Å². The lowest BCUT2D eigenvalue weighted by Crippen LogP contribution is -2.24. The summed E-state index contributed by atoms with van der Waals surface area (Å²) in [6, 6.07) is 11.1. The van der Waals surface area contributed by atoms with Crippen LogP contribution < -0.4 is 20.5 Å². The number of aromatic hydroxyl groups is 1. The summed E-state index contributed by atoms with van der Waals surface area (Å²) in [5, 5.41) is 13.9. The number of amides is 1. The molecule has 8 heteroatoms. The predicted molar refractivity (Wildman–Crippen MR) is 98.8 cm³/mol. The number of hydrogen-bond acceptors (Lipinski definition) is 7. The number of fused-ring (bicyclic) bond motifs is 1. The fourth-order valence-corrected chi connectivity index (χ4v) is 2.44. The van der Waals surface area contributed by atoms with Gasteiger partial charge in [0.05, 0.1) is 20.4 Å². The standard InChI is InChI=1S/C19H16N2O6/c1-25-15-5-3-4-12-9-13(19(24)27-17(12)15)18(23)21-20-10-11-6-7-14(22)16(8-11)26-2/h3-10,22H,1-2H3,(H,21,23). The summed E-state index contributed by atoms with van der Waals surface area (Å²) in [6.45, 7) is 0. The number of phenols is 1. The molecule has 0 aliphatic rings. The lowest BCUT2D eigenvalue weighted by molar-refractivity contribution is 0.0951. The predicted octanol–water partition coefficient (Wildman–Crippen LogP) is 2.28. The molecule has 0 aliphatic heterocycles. The minimum Gasteiger partial charge on any atom is -0.504 e. The normalized spacial score (nSPS) is 10.9. The van der Waals surface area contributed by atoms with Gasteiger partial charge in [0.1, 0.15) is 5.56 Å². The molecule has 27 heavy (non-hydrogen) atoms. The number of phenolic OH excluding ortho intramolecular Hbond substituents is 1. The van der Waals surface area contributed by atoms with Gasteiger partial charge >= 0.3 is 5.63 Å². The largest absolute Gasteiger partial charge is 0.504 e. The summed E-state index contributed by atoms with van der Waals surface area (Å²) in [5.74, 6) is -0.0522. The van der Waals surface area contributed by atoms with Gasteiger partial charge < -0.3 is 19.0 Å². The van der Waals surface area contributed by atoms with Gasteiger partial charge in [-0.25, -0.2) is 10.2 Å². The van der Waals surface area contributed by atoms with Crippen molar-refractivity contribution in [2.24, 2.45) is 5.10 Å². The zero-order valence-corrected chi connectivity index (χ0v) is 14.6. The molecule has 0 saturated carbocycles. The minimum absolute atomic E-state index is 0.0112. The molecular weight excluding hydrogens is 352 g/mol. The Morgan fingerprint density at radius 3 is 2.67 bits per heavy atom. The van der Waals surface area contributed by atoms with E-state index < -0.39 is 11.5 Å². The molecule has 1 aromatic heterocycles. The highest BCUT2D eigenvalue weighted by Gasteiger charge is 2.15. The number of hydrazone groups is 1. The summed E-state index contributed by atoms with van der Waals surface area (Å²) in [4.78, 5) is 24.4. The molecular formula is C19H16N2O6. The van der Waals surface area contributed by atoms with Crippen molar-refractivity contribution >= 4 is 23.1 Å². The van der Waals surface area contributed by atoms with Crippen molar-refractivity contribution in [3.63, 3.8) is 0 Å². The number of carbonyl (C=O) groups is 1. The first kappa shape index (κ1) is 18.0. The number of nitrogens with zero attached hydrogens (tertiary/aromatic N) is 1. The molecule has 0 atom stereocenters. The summed E-state index contributed by atoms with van der Waals surface area (Å²) < 4.78 is 15.3. The van der Waals surface area contributed by atoms with Gasteiger partial charge in [-0.2, -0.15) is 5.10 Å². The smallest absolute Gasteiger partial charge is 0.349 e. The summed E-state index contributed by atoms with van der Waals surface area (Å²) >= 11 is 0. The first-order valence-electron chi connectivity index (χ1n) is 7.84. The molecule has 3 aromatic rings. The Morgan fingerprint density at radius 2 is 1.93 bits per heavy atom. The molecule has 0 bridgehead atoms. The Kier molecular flexibility index (Phi) is 5.07. The number of ether oxygens (including phenoxy) is 2. The molecule has 8 nitrogen and oxygen atoms in total. The van der Waals surface area contributed by atoms with Gasteiger partial charge in [-0.05, 0) is 35.9 Å².